The number of hydrogen-bond acceptors (Lipinski definition) is 4. The fourth-order valence-corrected chi connectivity index (χ4v) is 1.40. The minimum absolute atomic E-state index is 0.105. The Labute approximate surface area is 77.5 Å². The van der Waals surface area contributed by atoms with Crippen LogP contribution in [0.15, 0.2) is 12.1 Å². The molecule has 0 spiro atoms. The van der Waals surface area contributed by atoms with Crippen molar-refractivity contribution < 1.29 is 27.5 Å². The molecular weight excluding hydrogens is 197 g/mol. The quantitative estimate of drug-likeness (QED) is 0.676. The Kier molecular flexibility index (Phi) is 1.34. The molecule has 0 saturated heterocycles. The smallest absolute Gasteiger partial charge is 0.486 e. The Morgan fingerprint density at radius 3 is 2.64 bits per heavy atom. The molecule has 0 saturated carbocycles. The van der Waals surface area contributed by atoms with Crippen molar-refractivity contribution in [3.63, 3.8) is 0 Å². The second-order valence-electron chi connectivity index (χ2n) is 2.74. The lowest BCUT2D eigenvalue weighted by molar-refractivity contribution is -0.0525. The van der Waals surface area contributed by atoms with Crippen molar-refractivity contribution in [3.05, 3.63) is 12.1 Å². The normalized spacial score (nSPS) is 15.2. The Balaban J connectivity index is 2.10. The maximum Gasteiger partial charge on any atom is 0.864 e. The standard InChI is InChI=1S/C7H3BF2O4/c9-7(10)11-5-3-1-2-4-6(5)14-8(12-3)13-4/h1-2,7H. The van der Waals surface area contributed by atoms with Gasteiger partial charge >= 0.3 is 13.9 Å². The Hall–Kier alpha value is -1.66. The zero-order chi connectivity index (χ0) is 9.71. The van der Waals surface area contributed by atoms with Crippen LogP contribution in [0.4, 0.5) is 8.78 Å². The van der Waals surface area contributed by atoms with Crippen LogP contribution >= 0.6 is 0 Å². The van der Waals surface area contributed by atoms with Gasteiger partial charge in [0.05, 0.1) is 0 Å². The van der Waals surface area contributed by atoms with E-state index in [1.54, 1.807) is 6.07 Å². The topological polar surface area (TPSA) is 36.9 Å². The Morgan fingerprint density at radius 2 is 1.86 bits per heavy atom. The lowest BCUT2D eigenvalue weighted by Gasteiger charge is -2.16. The first-order chi connectivity index (χ1) is 6.74. The van der Waals surface area contributed by atoms with Crippen LogP contribution in [0.5, 0.6) is 23.0 Å². The molecule has 2 heterocycles. The minimum Gasteiger partial charge on any atom is -0.486 e. The molecule has 2 aliphatic rings. The molecule has 3 bridgehead atoms. The SMILES string of the molecule is FC(F)Oc1c2ccc3c1OB(O3)O2. The number of rotatable bonds is 2. The maximum absolute atomic E-state index is 12.0. The molecular formula is C7H3BF2O4. The summed E-state index contributed by atoms with van der Waals surface area (Å²) in [5, 5.41) is 0. The molecule has 0 radical (unpaired) electrons. The van der Waals surface area contributed by atoms with Gasteiger partial charge < -0.3 is 18.7 Å². The van der Waals surface area contributed by atoms with Crippen molar-refractivity contribution in [2.45, 2.75) is 6.61 Å². The molecule has 14 heavy (non-hydrogen) atoms. The minimum atomic E-state index is -2.91. The third kappa shape index (κ3) is 0.919. The first kappa shape index (κ1) is 7.72. The highest BCUT2D eigenvalue weighted by Gasteiger charge is 2.46. The summed E-state index contributed by atoms with van der Waals surface area (Å²) in [4.78, 5) is 0. The maximum atomic E-state index is 12.0. The van der Waals surface area contributed by atoms with Crippen LogP contribution < -0.4 is 18.7 Å². The molecule has 0 aromatic heterocycles. The number of fused-ring (bicyclic) bond motifs is 2. The van der Waals surface area contributed by atoms with E-state index in [9.17, 15) is 8.78 Å². The van der Waals surface area contributed by atoms with Crippen molar-refractivity contribution in [2.24, 2.45) is 0 Å². The third-order valence-corrected chi connectivity index (χ3v) is 1.91. The molecule has 0 amide bonds. The zero-order valence-electron chi connectivity index (χ0n) is 6.70. The van der Waals surface area contributed by atoms with Crippen LogP contribution in [-0.2, 0) is 0 Å². The van der Waals surface area contributed by atoms with Crippen LogP contribution in [0, 0.1) is 0 Å². The van der Waals surface area contributed by atoms with Crippen molar-refractivity contribution in [1.29, 1.82) is 0 Å². The largest absolute Gasteiger partial charge is 0.864 e. The highest BCUT2D eigenvalue weighted by Crippen LogP contribution is 2.51. The van der Waals surface area contributed by atoms with Gasteiger partial charge in [0.15, 0.2) is 11.5 Å². The van der Waals surface area contributed by atoms with Gasteiger partial charge in [0, 0.05) is 0 Å². The van der Waals surface area contributed by atoms with E-state index in [1.807, 2.05) is 0 Å². The van der Waals surface area contributed by atoms with Gasteiger partial charge in [-0.2, -0.15) is 8.78 Å². The molecule has 2 aliphatic heterocycles. The van der Waals surface area contributed by atoms with E-state index in [1.165, 1.54) is 6.07 Å². The summed E-state index contributed by atoms with van der Waals surface area (Å²) in [6, 6.07) is 3.08. The van der Waals surface area contributed by atoms with E-state index in [0.717, 1.165) is 0 Å². The lowest BCUT2D eigenvalue weighted by Crippen LogP contribution is -2.33. The molecule has 7 heteroatoms. The van der Waals surface area contributed by atoms with E-state index in [4.69, 9.17) is 14.0 Å². The summed E-state index contributed by atoms with van der Waals surface area (Å²) in [6.45, 7) is -2.91. The van der Waals surface area contributed by atoms with Gasteiger partial charge in [-0.1, -0.05) is 0 Å². The van der Waals surface area contributed by atoms with Gasteiger partial charge in [-0.25, -0.2) is 0 Å². The molecule has 1 aromatic rings. The van der Waals surface area contributed by atoms with E-state index >= 15 is 0 Å². The Bertz CT molecular complexity index is 396. The molecule has 72 valence electrons. The van der Waals surface area contributed by atoms with Gasteiger partial charge in [0.25, 0.3) is 0 Å². The predicted molar refractivity (Wildman–Crippen MR) is 40.7 cm³/mol. The zero-order valence-corrected chi connectivity index (χ0v) is 6.70. The average Bonchev–Trinajstić information content (AvgIpc) is 2.32. The van der Waals surface area contributed by atoms with Gasteiger partial charge in [0.2, 0.25) is 5.75 Å². The molecule has 3 rings (SSSR count). The first-order valence-electron chi connectivity index (χ1n) is 3.86. The number of halogens is 2. The number of benzene rings is 1. The number of ether oxygens (including phenoxy) is 1. The van der Waals surface area contributed by atoms with Crippen LogP contribution in [0.25, 0.3) is 0 Å². The van der Waals surface area contributed by atoms with Crippen LogP contribution in [-0.4, -0.2) is 13.9 Å². The van der Waals surface area contributed by atoms with Crippen LogP contribution in [0.2, 0.25) is 0 Å². The molecule has 0 atom stereocenters. The highest BCUT2D eigenvalue weighted by atomic mass is 19.3. The lowest BCUT2D eigenvalue weighted by atomic mass is 10.2. The summed E-state index contributed by atoms with van der Waals surface area (Å²) in [7, 11) is -0.866. The van der Waals surface area contributed by atoms with E-state index in [0.29, 0.717) is 5.75 Å². The van der Waals surface area contributed by atoms with Gasteiger partial charge in [-0.3, -0.25) is 0 Å². The molecule has 1 aromatic carbocycles. The van der Waals surface area contributed by atoms with Crippen molar-refractivity contribution in [1.82, 2.24) is 0 Å². The van der Waals surface area contributed by atoms with Crippen molar-refractivity contribution in [3.8, 4) is 23.0 Å². The predicted octanol–water partition coefficient (Wildman–Crippen LogP) is 1.44. The molecule has 0 N–H and O–H groups in total. The fraction of sp³-hybridized carbons (Fsp3) is 0.143. The molecule has 0 fully saturated rings. The summed E-state index contributed by atoms with van der Waals surface area (Å²) in [5.41, 5.74) is 0. The number of alkyl halides is 2. The van der Waals surface area contributed by atoms with Crippen LogP contribution in [0.3, 0.4) is 0 Å². The highest BCUT2D eigenvalue weighted by molar-refractivity contribution is 6.42. The summed E-state index contributed by atoms with van der Waals surface area (Å²) in [6.07, 6.45) is 0. The van der Waals surface area contributed by atoms with Gasteiger partial charge in [0.1, 0.15) is 5.75 Å². The number of hydrogen-bond donors (Lipinski definition) is 0. The molecule has 0 unspecified atom stereocenters. The summed E-state index contributed by atoms with van der Waals surface area (Å²) < 4.78 is 43.4. The molecule has 0 aliphatic carbocycles. The molecule has 4 nitrogen and oxygen atoms in total. The fourth-order valence-electron chi connectivity index (χ4n) is 1.40. The second-order valence-corrected chi connectivity index (χ2v) is 2.74. The van der Waals surface area contributed by atoms with Crippen molar-refractivity contribution in [2.75, 3.05) is 0 Å². The first-order valence-corrected chi connectivity index (χ1v) is 3.86. The van der Waals surface area contributed by atoms with Crippen LogP contribution in [0.1, 0.15) is 0 Å². The van der Waals surface area contributed by atoms with Gasteiger partial charge in [-0.15, -0.1) is 0 Å². The van der Waals surface area contributed by atoms with Gasteiger partial charge in [-0.05, 0) is 12.1 Å². The Morgan fingerprint density at radius 1 is 1.14 bits per heavy atom. The average molecular weight is 200 g/mol. The monoisotopic (exact) mass is 200 g/mol. The summed E-state index contributed by atoms with van der Waals surface area (Å²) >= 11 is 0. The summed E-state index contributed by atoms with van der Waals surface area (Å²) in [5.74, 6) is 0.634. The van der Waals surface area contributed by atoms with E-state index in [-0.39, 0.29) is 17.2 Å². The van der Waals surface area contributed by atoms with Crippen molar-refractivity contribution >= 4 is 7.32 Å². The van der Waals surface area contributed by atoms with E-state index in [2.05, 4.69) is 4.74 Å². The third-order valence-electron chi connectivity index (χ3n) is 1.91. The van der Waals surface area contributed by atoms with E-state index < -0.39 is 13.9 Å². The second kappa shape index (κ2) is 2.43.